The summed E-state index contributed by atoms with van der Waals surface area (Å²) in [5.74, 6) is -0.844. The fraction of sp³-hybridized carbons (Fsp3) is 0.0769. The number of rotatable bonds is 3. The zero-order valence-corrected chi connectivity index (χ0v) is 12.5. The molecule has 104 valence electrons. The summed E-state index contributed by atoms with van der Waals surface area (Å²) in [6.07, 6.45) is 1.25. The molecular weight excluding hydrogens is 323 g/mol. The lowest BCUT2D eigenvalue weighted by Crippen LogP contribution is -2.02. The molecule has 0 radical (unpaired) electrons. The predicted octanol–water partition coefficient (Wildman–Crippen LogP) is 4.79. The number of aromatic carboxylic acids is 1. The van der Waals surface area contributed by atoms with E-state index in [4.69, 9.17) is 39.9 Å². The first-order chi connectivity index (χ1) is 9.40. The molecule has 7 heteroatoms. The Kier molecular flexibility index (Phi) is 4.38. The van der Waals surface area contributed by atoms with E-state index in [2.05, 4.69) is 10.3 Å². The van der Waals surface area contributed by atoms with E-state index in [1.54, 1.807) is 12.1 Å². The zero-order valence-electron chi connectivity index (χ0n) is 10.2. The van der Waals surface area contributed by atoms with Crippen molar-refractivity contribution in [2.24, 2.45) is 0 Å². The highest BCUT2D eigenvalue weighted by Crippen LogP contribution is 2.35. The summed E-state index contributed by atoms with van der Waals surface area (Å²) in [5, 5.41) is 12.8. The Morgan fingerprint density at radius 3 is 2.60 bits per heavy atom. The lowest BCUT2D eigenvalue weighted by molar-refractivity contribution is 0.0697. The number of pyridine rings is 1. The van der Waals surface area contributed by atoms with Gasteiger partial charge in [0.05, 0.1) is 26.3 Å². The summed E-state index contributed by atoms with van der Waals surface area (Å²) in [6.45, 7) is 1.84. The number of carbonyl (C=O) groups is 1. The summed E-state index contributed by atoms with van der Waals surface area (Å²) in [4.78, 5) is 15.0. The Morgan fingerprint density at radius 1 is 1.25 bits per heavy atom. The molecule has 0 aliphatic carbocycles. The highest BCUT2D eigenvalue weighted by Gasteiger charge is 2.13. The number of carboxylic acid groups (broad SMARTS) is 1. The second-order valence-corrected chi connectivity index (χ2v) is 5.23. The maximum absolute atomic E-state index is 11.0. The highest BCUT2D eigenvalue weighted by atomic mass is 35.5. The molecule has 0 fully saturated rings. The van der Waals surface area contributed by atoms with Gasteiger partial charge in [0.2, 0.25) is 0 Å². The van der Waals surface area contributed by atoms with Crippen LogP contribution >= 0.6 is 34.8 Å². The van der Waals surface area contributed by atoms with Crippen molar-refractivity contribution in [1.29, 1.82) is 0 Å². The van der Waals surface area contributed by atoms with Gasteiger partial charge in [0.25, 0.3) is 0 Å². The highest BCUT2D eigenvalue weighted by molar-refractivity contribution is 6.39. The molecular formula is C13H9Cl3N2O2. The van der Waals surface area contributed by atoms with Crippen LogP contribution in [-0.4, -0.2) is 16.1 Å². The van der Waals surface area contributed by atoms with Crippen LogP contribution in [0.25, 0.3) is 0 Å². The van der Waals surface area contributed by atoms with Crippen LogP contribution in [0.2, 0.25) is 15.1 Å². The second kappa shape index (κ2) is 5.87. The Bertz CT molecular complexity index is 690. The number of carboxylic acids is 1. The lowest BCUT2D eigenvalue weighted by atomic mass is 10.2. The van der Waals surface area contributed by atoms with E-state index in [1.165, 1.54) is 12.3 Å². The molecule has 1 aromatic heterocycles. The molecule has 0 amide bonds. The standard InChI is InChI=1S/C13H9Cl3N2O2/c1-6-2-3-8(14)12(11(6)16)18-10-4-7(13(19)20)9(15)5-17-10/h2-5H,1H3,(H,17,18)(H,19,20). The summed E-state index contributed by atoms with van der Waals surface area (Å²) in [7, 11) is 0. The third-order valence-electron chi connectivity index (χ3n) is 2.62. The zero-order chi connectivity index (χ0) is 14.9. The van der Waals surface area contributed by atoms with Gasteiger partial charge in [-0.2, -0.15) is 0 Å². The first-order valence-corrected chi connectivity index (χ1v) is 6.64. The van der Waals surface area contributed by atoms with Crippen LogP contribution < -0.4 is 5.32 Å². The largest absolute Gasteiger partial charge is 0.478 e. The van der Waals surface area contributed by atoms with Crippen molar-refractivity contribution in [1.82, 2.24) is 4.98 Å². The molecule has 0 spiro atoms. The number of aromatic nitrogens is 1. The van der Waals surface area contributed by atoms with Crippen LogP contribution in [0.3, 0.4) is 0 Å². The van der Waals surface area contributed by atoms with E-state index >= 15 is 0 Å². The van der Waals surface area contributed by atoms with Gasteiger partial charge in [-0.15, -0.1) is 0 Å². The van der Waals surface area contributed by atoms with Crippen LogP contribution in [0.15, 0.2) is 24.4 Å². The van der Waals surface area contributed by atoms with Crippen LogP contribution in [0.4, 0.5) is 11.5 Å². The van der Waals surface area contributed by atoms with Crippen molar-refractivity contribution < 1.29 is 9.90 Å². The van der Waals surface area contributed by atoms with Crippen molar-refractivity contribution in [3.63, 3.8) is 0 Å². The average Bonchev–Trinajstić information content (AvgIpc) is 2.40. The molecule has 1 heterocycles. The second-order valence-electron chi connectivity index (χ2n) is 4.03. The number of hydrogen-bond donors (Lipinski definition) is 2. The molecule has 1 aromatic carbocycles. The smallest absolute Gasteiger partial charge is 0.337 e. The van der Waals surface area contributed by atoms with Gasteiger partial charge in [-0.25, -0.2) is 9.78 Å². The van der Waals surface area contributed by atoms with E-state index in [9.17, 15) is 4.79 Å². The molecule has 2 N–H and O–H groups in total. The fourth-order valence-electron chi connectivity index (χ4n) is 1.57. The lowest BCUT2D eigenvalue weighted by Gasteiger charge is -2.12. The van der Waals surface area contributed by atoms with E-state index < -0.39 is 5.97 Å². The van der Waals surface area contributed by atoms with E-state index in [-0.39, 0.29) is 10.6 Å². The minimum atomic E-state index is -1.14. The summed E-state index contributed by atoms with van der Waals surface area (Å²) < 4.78 is 0. The first kappa shape index (κ1) is 14.9. The topological polar surface area (TPSA) is 62.2 Å². The predicted molar refractivity (Wildman–Crippen MR) is 80.7 cm³/mol. The normalized spacial score (nSPS) is 10.4. The molecule has 0 atom stereocenters. The number of benzene rings is 1. The molecule has 0 aliphatic heterocycles. The summed E-state index contributed by atoms with van der Waals surface area (Å²) in [6, 6.07) is 4.80. The molecule has 20 heavy (non-hydrogen) atoms. The van der Waals surface area contributed by atoms with Crippen molar-refractivity contribution >= 4 is 52.3 Å². The van der Waals surface area contributed by atoms with Crippen molar-refractivity contribution in [3.05, 3.63) is 50.6 Å². The number of aryl methyl sites for hydroxylation is 1. The van der Waals surface area contributed by atoms with E-state index in [1.807, 2.05) is 6.92 Å². The van der Waals surface area contributed by atoms with Gasteiger partial charge in [0.15, 0.2) is 0 Å². The van der Waals surface area contributed by atoms with E-state index in [0.29, 0.717) is 21.6 Å². The SMILES string of the molecule is Cc1ccc(Cl)c(Nc2cc(C(=O)O)c(Cl)cn2)c1Cl. The monoisotopic (exact) mass is 330 g/mol. The molecule has 2 rings (SSSR count). The molecule has 0 unspecified atom stereocenters. The van der Waals surface area contributed by atoms with E-state index in [0.717, 1.165) is 5.56 Å². The van der Waals surface area contributed by atoms with Gasteiger partial charge >= 0.3 is 5.97 Å². The number of anilines is 2. The Morgan fingerprint density at radius 2 is 1.95 bits per heavy atom. The van der Waals surface area contributed by atoms with Gasteiger partial charge < -0.3 is 10.4 Å². The van der Waals surface area contributed by atoms with Crippen molar-refractivity contribution in [3.8, 4) is 0 Å². The average molecular weight is 332 g/mol. The number of nitrogens with zero attached hydrogens (tertiary/aromatic N) is 1. The molecule has 0 aliphatic rings. The fourth-order valence-corrected chi connectivity index (χ4v) is 2.22. The molecule has 4 nitrogen and oxygen atoms in total. The van der Waals surface area contributed by atoms with Gasteiger partial charge in [-0.05, 0) is 24.6 Å². The quantitative estimate of drug-likeness (QED) is 0.848. The van der Waals surface area contributed by atoms with Crippen LogP contribution in [0, 0.1) is 6.92 Å². The molecule has 2 aromatic rings. The number of hydrogen-bond acceptors (Lipinski definition) is 3. The Balaban J connectivity index is 2.43. The first-order valence-electron chi connectivity index (χ1n) is 5.50. The van der Waals surface area contributed by atoms with Crippen molar-refractivity contribution in [2.75, 3.05) is 5.32 Å². The minimum Gasteiger partial charge on any atom is -0.478 e. The Hall–Kier alpha value is -1.49. The Labute approximate surface area is 130 Å². The molecule has 0 bridgehead atoms. The van der Waals surface area contributed by atoms with Gasteiger partial charge in [0.1, 0.15) is 5.82 Å². The maximum atomic E-state index is 11.0. The molecule has 0 saturated carbocycles. The van der Waals surface area contributed by atoms with Crippen molar-refractivity contribution in [2.45, 2.75) is 6.92 Å². The van der Waals surface area contributed by atoms with Gasteiger partial charge in [0, 0.05) is 6.20 Å². The minimum absolute atomic E-state index is 0.0518. The number of halogens is 3. The molecule has 0 saturated heterocycles. The maximum Gasteiger partial charge on any atom is 0.337 e. The summed E-state index contributed by atoms with van der Waals surface area (Å²) in [5.41, 5.74) is 1.26. The van der Waals surface area contributed by atoms with Gasteiger partial charge in [-0.1, -0.05) is 40.9 Å². The summed E-state index contributed by atoms with van der Waals surface area (Å²) >= 11 is 18.0. The third kappa shape index (κ3) is 2.98. The van der Waals surface area contributed by atoms with Crippen LogP contribution in [0.1, 0.15) is 15.9 Å². The van der Waals surface area contributed by atoms with Crippen LogP contribution in [-0.2, 0) is 0 Å². The van der Waals surface area contributed by atoms with Crippen LogP contribution in [0.5, 0.6) is 0 Å². The number of nitrogens with one attached hydrogen (secondary N) is 1. The van der Waals surface area contributed by atoms with Gasteiger partial charge in [-0.3, -0.25) is 0 Å². The third-order valence-corrected chi connectivity index (χ3v) is 3.73.